The zero-order chi connectivity index (χ0) is 12.4. The van der Waals surface area contributed by atoms with Crippen molar-refractivity contribution in [1.29, 1.82) is 0 Å². The lowest BCUT2D eigenvalue weighted by atomic mass is 10.0. The number of fused-ring (bicyclic) bond motifs is 1. The fourth-order valence-corrected chi connectivity index (χ4v) is 2.93. The smallest absolute Gasteiger partial charge is 0.132 e. The number of ether oxygens (including phenoxy) is 1. The summed E-state index contributed by atoms with van der Waals surface area (Å²) in [5.41, 5.74) is 1.24. The molecule has 96 valence electrons. The number of nitrogens with zero attached hydrogens (tertiary/aromatic N) is 1. The summed E-state index contributed by atoms with van der Waals surface area (Å²) in [6, 6.07) is 8.39. The zero-order valence-corrected chi connectivity index (χ0v) is 10.5. The average Bonchev–Trinajstić information content (AvgIpc) is 2.78. The van der Waals surface area contributed by atoms with Gasteiger partial charge in [0, 0.05) is 5.56 Å². The van der Waals surface area contributed by atoms with E-state index in [0.717, 1.165) is 24.6 Å². The van der Waals surface area contributed by atoms with Gasteiger partial charge in [-0.15, -0.1) is 0 Å². The van der Waals surface area contributed by atoms with Crippen LogP contribution in [0.2, 0.25) is 0 Å². The molecule has 0 amide bonds. The van der Waals surface area contributed by atoms with Crippen LogP contribution in [0.3, 0.4) is 0 Å². The van der Waals surface area contributed by atoms with Crippen LogP contribution in [0.15, 0.2) is 36.1 Å². The third-order valence-corrected chi connectivity index (χ3v) is 3.76. The van der Waals surface area contributed by atoms with Gasteiger partial charge in [0.2, 0.25) is 0 Å². The van der Waals surface area contributed by atoms with Gasteiger partial charge in [-0.05, 0) is 38.1 Å². The lowest BCUT2D eigenvalue weighted by Crippen LogP contribution is -2.33. The van der Waals surface area contributed by atoms with E-state index in [1.807, 2.05) is 12.1 Å². The zero-order valence-electron chi connectivity index (χ0n) is 10.5. The molecule has 3 nitrogen and oxygen atoms in total. The topological polar surface area (TPSA) is 32.7 Å². The van der Waals surface area contributed by atoms with Crippen molar-refractivity contribution in [2.45, 2.75) is 25.3 Å². The van der Waals surface area contributed by atoms with Gasteiger partial charge in [0.1, 0.15) is 11.5 Å². The van der Waals surface area contributed by atoms with Crippen molar-refractivity contribution in [2.24, 2.45) is 0 Å². The maximum Gasteiger partial charge on any atom is 0.132 e. The summed E-state index contributed by atoms with van der Waals surface area (Å²) < 4.78 is 5.87. The second kappa shape index (κ2) is 5.12. The summed E-state index contributed by atoms with van der Waals surface area (Å²) in [4.78, 5) is 2.47. The Balaban J connectivity index is 1.94. The summed E-state index contributed by atoms with van der Waals surface area (Å²) in [6.45, 7) is 2.27. The Morgan fingerprint density at radius 2 is 2.00 bits per heavy atom. The van der Waals surface area contributed by atoms with E-state index in [9.17, 15) is 0 Å². The Labute approximate surface area is 108 Å². The van der Waals surface area contributed by atoms with E-state index in [1.54, 1.807) is 6.08 Å². The number of benzene rings is 1. The first kappa shape index (κ1) is 11.8. The number of rotatable bonds is 2. The first-order chi connectivity index (χ1) is 8.90. The van der Waals surface area contributed by atoms with E-state index < -0.39 is 0 Å². The van der Waals surface area contributed by atoms with Crippen LogP contribution in [-0.2, 0) is 0 Å². The van der Waals surface area contributed by atoms with Gasteiger partial charge < -0.3 is 9.84 Å². The minimum Gasteiger partial charge on any atom is -0.460 e. The van der Waals surface area contributed by atoms with Crippen molar-refractivity contribution in [1.82, 2.24) is 4.90 Å². The van der Waals surface area contributed by atoms with E-state index in [-0.39, 0.29) is 12.6 Å². The highest BCUT2D eigenvalue weighted by molar-refractivity contribution is 5.45. The Morgan fingerprint density at radius 1 is 1.22 bits per heavy atom. The van der Waals surface area contributed by atoms with Crippen molar-refractivity contribution in [2.75, 3.05) is 19.7 Å². The van der Waals surface area contributed by atoms with E-state index in [0.29, 0.717) is 0 Å². The summed E-state index contributed by atoms with van der Waals surface area (Å²) in [5.74, 6) is 1.83. The molecule has 3 rings (SSSR count). The molecule has 18 heavy (non-hydrogen) atoms. The molecule has 1 aromatic carbocycles. The molecule has 2 heterocycles. The third kappa shape index (κ3) is 2.04. The monoisotopic (exact) mass is 245 g/mol. The van der Waals surface area contributed by atoms with Crippen LogP contribution < -0.4 is 4.74 Å². The van der Waals surface area contributed by atoms with Crippen LogP contribution in [0.1, 0.15) is 30.9 Å². The maximum atomic E-state index is 9.15. The minimum absolute atomic E-state index is 0.0354. The van der Waals surface area contributed by atoms with Crippen LogP contribution in [0.25, 0.3) is 0 Å². The van der Waals surface area contributed by atoms with Gasteiger partial charge >= 0.3 is 0 Å². The van der Waals surface area contributed by atoms with Gasteiger partial charge in [-0.1, -0.05) is 24.6 Å². The van der Waals surface area contributed by atoms with Crippen LogP contribution >= 0.6 is 0 Å². The van der Waals surface area contributed by atoms with Crippen molar-refractivity contribution >= 4 is 0 Å². The molecule has 3 heteroatoms. The van der Waals surface area contributed by atoms with Gasteiger partial charge in [-0.25, -0.2) is 0 Å². The van der Waals surface area contributed by atoms with Gasteiger partial charge in [-0.2, -0.15) is 0 Å². The first-order valence-corrected chi connectivity index (χ1v) is 6.72. The molecule has 1 N–H and O–H groups in total. The highest BCUT2D eigenvalue weighted by Crippen LogP contribution is 2.43. The Bertz CT molecular complexity index is 450. The molecule has 0 bridgehead atoms. The SMILES string of the molecule is OC/C=C1\Oc2ccccc2C1N1CCCCC1. The lowest BCUT2D eigenvalue weighted by molar-refractivity contribution is 0.169. The molecule has 0 spiro atoms. The second-order valence-electron chi connectivity index (χ2n) is 4.93. The first-order valence-electron chi connectivity index (χ1n) is 6.72. The number of likely N-dealkylation sites (tertiary alicyclic amines) is 1. The highest BCUT2D eigenvalue weighted by atomic mass is 16.5. The van der Waals surface area contributed by atoms with Gasteiger partial charge in [0.05, 0.1) is 12.6 Å². The number of hydrogen-bond donors (Lipinski definition) is 1. The predicted octanol–water partition coefficient (Wildman–Crippen LogP) is 2.48. The molecule has 2 aliphatic heterocycles. The minimum atomic E-state index is 0.0354. The fraction of sp³-hybridized carbons (Fsp3) is 0.467. The van der Waals surface area contributed by atoms with Crippen LogP contribution in [0.5, 0.6) is 5.75 Å². The molecule has 0 aliphatic carbocycles. The summed E-state index contributed by atoms with van der Waals surface area (Å²) in [5, 5.41) is 9.15. The van der Waals surface area contributed by atoms with E-state index in [2.05, 4.69) is 17.0 Å². The van der Waals surface area contributed by atoms with Crippen molar-refractivity contribution in [3.8, 4) is 5.75 Å². The molecule has 1 saturated heterocycles. The molecule has 2 aliphatic rings. The van der Waals surface area contributed by atoms with E-state index in [1.165, 1.54) is 24.8 Å². The number of para-hydroxylation sites is 1. The van der Waals surface area contributed by atoms with Crippen molar-refractivity contribution in [3.63, 3.8) is 0 Å². The number of hydrogen-bond acceptors (Lipinski definition) is 3. The molecule has 0 aromatic heterocycles. The molecule has 0 radical (unpaired) electrons. The van der Waals surface area contributed by atoms with Crippen molar-refractivity contribution < 1.29 is 9.84 Å². The molecule has 1 unspecified atom stereocenters. The molecule has 1 atom stereocenters. The van der Waals surface area contributed by atoms with Crippen LogP contribution in [-0.4, -0.2) is 29.7 Å². The van der Waals surface area contributed by atoms with Crippen molar-refractivity contribution in [3.05, 3.63) is 41.7 Å². The van der Waals surface area contributed by atoms with E-state index >= 15 is 0 Å². The average molecular weight is 245 g/mol. The summed E-state index contributed by atoms with van der Waals surface area (Å²) in [7, 11) is 0. The molecular formula is C15H19NO2. The molecule has 1 fully saturated rings. The van der Waals surface area contributed by atoms with Gasteiger partial charge in [-0.3, -0.25) is 4.90 Å². The molecule has 1 aromatic rings. The lowest BCUT2D eigenvalue weighted by Gasteiger charge is -2.32. The number of aliphatic hydroxyl groups excluding tert-OH is 1. The second-order valence-corrected chi connectivity index (χ2v) is 4.93. The van der Waals surface area contributed by atoms with Crippen LogP contribution in [0, 0.1) is 0 Å². The Morgan fingerprint density at radius 3 is 2.78 bits per heavy atom. The summed E-state index contributed by atoms with van der Waals surface area (Å²) >= 11 is 0. The standard InChI is InChI=1S/C15H19NO2/c17-11-8-14-15(16-9-4-1-5-10-16)12-6-2-3-7-13(12)18-14/h2-3,6-8,15,17H,1,4-5,9-11H2/b14-8-. The number of aliphatic hydroxyl groups is 1. The third-order valence-electron chi connectivity index (χ3n) is 3.76. The quantitative estimate of drug-likeness (QED) is 0.869. The maximum absolute atomic E-state index is 9.15. The van der Waals surface area contributed by atoms with E-state index in [4.69, 9.17) is 9.84 Å². The fourth-order valence-electron chi connectivity index (χ4n) is 2.93. The molecular weight excluding hydrogens is 226 g/mol. The van der Waals surface area contributed by atoms with Crippen LogP contribution in [0.4, 0.5) is 0 Å². The highest BCUT2D eigenvalue weighted by Gasteiger charge is 2.34. The van der Waals surface area contributed by atoms with Gasteiger partial charge in [0.25, 0.3) is 0 Å². The Kier molecular flexibility index (Phi) is 3.35. The molecule has 0 saturated carbocycles. The Hall–Kier alpha value is -1.32. The predicted molar refractivity (Wildman–Crippen MR) is 70.4 cm³/mol. The summed E-state index contributed by atoms with van der Waals surface area (Å²) in [6.07, 6.45) is 5.63. The normalized spacial score (nSPS) is 26.1. The van der Waals surface area contributed by atoms with Gasteiger partial charge in [0.15, 0.2) is 0 Å². The largest absolute Gasteiger partial charge is 0.460 e. The number of piperidine rings is 1.